The SMILES string of the molecule is CC1CN(CC(O)Cn2ccnc2C(=O)c2ccccc2)CC(C)O1. The van der Waals surface area contributed by atoms with E-state index in [1.807, 2.05) is 32.0 Å². The number of β-amino-alcohol motifs (C(OH)–C–C–N with tert-alkyl or cyclic N) is 1. The van der Waals surface area contributed by atoms with E-state index in [1.54, 1.807) is 29.1 Å². The van der Waals surface area contributed by atoms with Gasteiger partial charge in [0.25, 0.3) is 0 Å². The number of carbonyl (C=O) groups is 1. The molecular formula is C19H25N3O3. The number of benzene rings is 1. The second-order valence-corrected chi connectivity index (χ2v) is 6.73. The molecule has 1 saturated heterocycles. The zero-order valence-electron chi connectivity index (χ0n) is 14.7. The number of morpholine rings is 1. The van der Waals surface area contributed by atoms with E-state index >= 15 is 0 Å². The summed E-state index contributed by atoms with van der Waals surface area (Å²) in [5.41, 5.74) is 0.597. The fourth-order valence-electron chi connectivity index (χ4n) is 3.40. The Bertz CT molecular complexity index is 691. The maximum Gasteiger partial charge on any atom is 0.228 e. The van der Waals surface area contributed by atoms with Crippen molar-refractivity contribution in [2.45, 2.75) is 38.7 Å². The van der Waals surface area contributed by atoms with Crippen molar-refractivity contribution in [3.8, 4) is 0 Å². The largest absolute Gasteiger partial charge is 0.390 e. The molecule has 1 fully saturated rings. The molecule has 2 aromatic rings. The molecule has 0 radical (unpaired) electrons. The van der Waals surface area contributed by atoms with Gasteiger partial charge in [0, 0.05) is 37.6 Å². The molecule has 0 bridgehead atoms. The summed E-state index contributed by atoms with van der Waals surface area (Å²) in [6.45, 7) is 6.59. The van der Waals surface area contributed by atoms with Crippen LogP contribution in [0.2, 0.25) is 0 Å². The van der Waals surface area contributed by atoms with Gasteiger partial charge >= 0.3 is 0 Å². The van der Waals surface area contributed by atoms with Gasteiger partial charge < -0.3 is 14.4 Å². The number of imidazole rings is 1. The number of ketones is 1. The van der Waals surface area contributed by atoms with Crippen LogP contribution in [0.25, 0.3) is 0 Å². The molecular weight excluding hydrogens is 318 g/mol. The van der Waals surface area contributed by atoms with E-state index in [9.17, 15) is 9.90 Å². The van der Waals surface area contributed by atoms with Crippen LogP contribution in [0.3, 0.4) is 0 Å². The van der Waals surface area contributed by atoms with Gasteiger partial charge in [-0.25, -0.2) is 4.98 Å². The van der Waals surface area contributed by atoms with Gasteiger partial charge in [-0.15, -0.1) is 0 Å². The highest BCUT2D eigenvalue weighted by Gasteiger charge is 2.24. The Labute approximate surface area is 148 Å². The molecule has 0 spiro atoms. The molecule has 6 nitrogen and oxygen atoms in total. The fraction of sp³-hybridized carbons (Fsp3) is 0.474. The molecule has 6 heteroatoms. The number of hydrogen-bond acceptors (Lipinski definition) is 5. The Kier molecular flexibility index (Phi) is 5.63. The molecule has 3 atom stereocenters. The van der Waals surface area contributed by atoms with Crippen molar-refractivity contribution in [2.24, 2.45) is 0 Å². The summed E-state index contributed by atoms with van der Waals surface area (Å²) in [6, 6.07) is 9.08. The number of aliphatic hydroxyl groups excluding tert-OH is 1. The van der Waals surface area contributed by atoms with Crippen LogP contribution in [0.1, 0.15) is 30.0 Å². The van der Waals surface area contributed by atoms with Crippen molar-refractivity contribution in [2.75, 3.05) is 19.6 Å². The molecule has 3 unspecified atom stereocenters. The topological polar surface area (TPSA) is 67.6 Å². The number of carbonyl (C=O) groups excluding carboxylic acids is 1. The van der Waals surface area contributed by atoms with Crippen LogP contribution in [0, 0.1) is 0 Å². The number of nitrogens with zero attached hydrogens (tertiary/aromatic N) is 3. The number of hydrogen-bond donors (Lipinski definition) is 1. The van der Waals surface area contributed by atoms with Crippen LogP contribution >= 0.6 is 0 Å². The summed E-state index contributed by atoms with van der Waals surface area (Å²) in [5.74, 6) is 0.223. The first-order valence-electron chi connectivity index (χ1n) is 8.69. The van der Waals surface area contributed by atoms with Gasteiger partial charge in [-0.05, 0) is 13.8 Å². The molecule has 134 valence electrons. The molecule has 3 rings (SSSR count). The van der Waals surface area contributed by atoms with E-state index in [2.05, 4.69) is 9.88 Å². The Balaban J connectivity index is 1.64. The highest BCUT2D eigenvalue weighted by atomic mass is 16.5. The lowest BCUT2D eigenvalue weighted by Gasteiger charge is -2.36. The van der Waals surface area contributed by atoms with E-state index in [1.165, 1.54) is 0 Å². The summed E-state index contributed by atoms with van der Waals surface area (Å²) in [7, 11) is 0. The molecule has 1 aliphatic heterocycles. The Morgan fingerprint density at radius 2 is 1.92 bits per heavy atom. The van der Waals surface area contributed by atoms with Gasteiger partial charge in [-0.1, -0.05) is 30.3 Å². The van der Waals surface area contributed by atoms with Crippen molar-refractivity contribution in [1.29, 1.82) is 0 Å². The Morgan fingerprint density at radius 3 is 2.60 bits per heavy atom. The van der Waals surface area contributed by atoms with Crippen LogP contribution in [0.4, 0.5) is 0 Å². The minimum atomic E-state index is -0.575. The predicted octanol–water partition coefficient (Wildman–Crippen LogP) is 1.58. The summed E-state index contributed by atoms with van der Waals surface area (Å²) in [4.78, 5) is 19.0. The van der Waals surface area contributed by atoms with Crippen LogP contribution in [-0.4, -0.2) is 63.3 Å². The van der Waals surface area contributed by atoms with Crippen LogP contribution in [-0.2, 0) is 11.3 Å². The fourth-order valence-corrected chi connectivity index (χ4v) is 3.40. The van der Waals surface area contributed by atoms with Gasteiger partial charge in [0.1, 0.15) is 0 Å². The summed E-state index contributed by atoms with van der Waals surface area (Å²) >= 11 is 0. The Morgan fingerprint density at radius 1 is 1.24 bits per heavy atom. The van der Waals surface area contributed by atoms with Gasteiger partial charge in [0.05, 0.1) is 24.9 Å². The minimum absolute atomic E-state index is 0.133. The molecule has 1 N–H and O–H groups in total. The maximum atomic E-state index is 12.6. The first kappa shape index (κ1) is 17.8. The first-order chi connectivity index (χ1) is 12.0. The normalized spacial score (nSPS) is 22.7. The third kappa shape index (κ3) is 4.54. The van der Waals surface area contributed by atoms with E-state index in [0.717, 1.165) is 13.1 Å². The summed E-state index contributed by atoms with van der Waals surface area (Å²) < 4.78 is 7.45. The summed E-state index contributed by atoms with van der Waals surface area (Å²) in [5, 5.41) is 10.5. The predicted molar refractivity (Wildman–Crippen MR) is 94.6 cm³/mol. The van der Waals surface area contributed by atoms with Crippen LogP contribution in [0.5, 0.6) is 0 Å². The number of aliphatic hydroxyl groups is 1. The highest BCUT2D eigenvalue weighted by molar-refractivity contribution is 6.06. The third-order valence-corrected chi connectivity index (χ3v) is 4.33. The monoisotopic (exact) mass is 343 g/mol. The molecule has 0 aliphatic carbocycles. The number of rotatable bonds is 6. The van der Waals surface area contributed by atoms with Gasteiger partial charge in [-0.3, -0.25) is 9.69 Å². The quantitative estimate of drug-likeness (QED) is 0.807. The Hall–Kier alpha value is -2.02. The average molecular weight is 343 g/mol. The lowest BCUT2D eigenvalue weighted by atomic mass is 10.1. The van der Waals surface area contributed by atoms with E-state index in [-0.39, 0.29) is 18.0 Å². The molecule has 1 aliphatic rings. The standard InChI is InChI=1S/C19H25N3O3/c1-14-10-21(11-15(2)25-14)12-17(23)13-22-9-8-20-19(22)18(24)16-6-4-3-5-7-16/h3-9,14-15,17,23H,10-13H2,1-2H3. The number of aromatic nitrogens is 2. The van der Waals surface area contributed by atoms with E-state index in [0.29, 0.717) is 24.5 Å². The van der Waals surface area contributed by atoms with Gasteiger partial charge in [-0.2, -0.15) is 0 Å². The molecule has 1 aromatic heterocycles. The maximum absolute atomic E-state index is 12.6. The zero-order chi connectivity index (χ0) is 17.8. The van der Waals surface area contributed by atoms with Crippen molar-refractivity contribution < 1.29 is 14.6 Å². The third-order valence-electron chi connectivity index (χ3n) is 4.33. The lowest BCUT2D eigenvalue weighted by Crippen LogP contribution is -2.48. The first-order valence-corrected chi connectivity index (χ1v) is 8.69. The van der Waals surface area contributed by atoms with Crippen LogP contribution < -0.4 is 0 Å². The van der Waals surface area contributed by atoms with Crippen molar-refractivity contribution >= 4 is 5.78 Å². The molecule has 0 amide bonds. The molecule has 25 heavy (non-hydrogen) atoms. The van der Waals surface area contributed by atoms with Crippen LogP contribution in [0.15, 0.2) is 42.7 Å². The summed E-state index contributed by atoms with van der Waals surface area (Å²) in [6.07, 6.45) is 3.10. The number of ether oxygens (including phenoxy) is 1. The van der Waals surface area contributed by atoms with Crippen molar-refractivity contribution in [3.05, 3.63) is 54.1 Å². The average Bonchev–Trinajstić information content (AvgIpc) is 3.01. The second-order valence-electron chi connectivity index (χ2n) is 6.73. The zero-order valence-corrected chi connectivity index (χ0v) is 14.7. The second kappa shape index (κ2) is 7.91. The van der Waals surface area contributed by atoms with Crippen molar-refractivity contribution in [3.63, 3.8) is 0 Å². The smallest absolute Gasteiger partial charge is 0.228 e. The van der Waals surface area contributed by atoms with E-state index < -0.39 is 6.10 Å². The lowest BCUT2D eigenvalue weighted by molar-refractivity contribution is -0.0772. The van der Waals surface area contributed by atoms with Crippen molar-refractivity contribution in [1.82, 2.24) is 14.5 Å². The van der Waals surface area contributed by atoms with E-state index in [4.69, 9.17) is 4.74 Å². The van der Waals surface area contributed by atoms with Gasteiger partial charge in [0.2, 0.25) is 5.78 Å². The molecule has 2 heterocycles. The highest BCUT2D eigenvalue weighted by Crippen LogP contribution is 2.13. The van der Waals surface area contributed by atoms with Gasteiger partial charge in [0.15, 0.2) is 5.82 Å². The minimum Gasteiger partial charge on any atom is -0.390 e. The molecule has 0 saturated carbocycles. The molecule has 1 aromatic carbocycles.